The quantitative estimate of drug-likeness (QED) is 0.0969. The Morgan fingerprint density at radius 1 is 0.561 bits per heavy atom. The lowest BCUT2D eigenvalue weighted by atomic mass is 10.2. The van der Waals surface area contributed by atoms with Crippen LogP contribution in [0.1, 0.15) is 34.1 Å². The van der Waals surface area contributed by atoms with E-state index in [1.165, 1.54) is 0 Å². The van der Waals surface area contributed by atoms with E-state index < -0.39 is 29.8 Å². The summed E-state index contributed by atoms with van der Waals surface area (Å²) in [4.78, 5) is 4.41. The number of ether oxygens (including phenoxy) is 2. The first-order chi connectivity index (χ1) is 19.5. The van der Waals surface area contributed by atoms with E-state index in [9.17, 15) is 10.2 Å². The Labute approximate surface area is 252 Å². The zero-order chi connectivity index (χ0) is 31.3. The molecule has 248 valence electrons. The molecule has 0 spiro atoms. The predicted octanol–water partition coefficient (Wildman–Crippen LogP) is 1.80. The molecule has 0 aliphatic heterocycles. The van der Waals surface area contributed by atoms with Crippen molar-refractivity contribution in [1.29, 1.82) is 0 Å². The number of hydrogen-bond acceptors (Lipinski definition) is 12. The number of aliphatic hydroxyl groups is 2. The van der Waals surface area contributed by atoms with Crippen molar-refractivity contribution in [2.75, 3.05) is 108 Å². The number of likely N-dealkylation sites (N-methyl/N-ethyl adjacent to an activating group) is 2. The van der Waals surface area contributed by atoms with Gasteiger partial charge in [0.25, 0.3) is 0 Å². The zero-order valence-electron chi connectivity index (χ0n) is 27.6. The molecule has 12 nitrogen and oxygen atoms in total. The van der Waals surface area contributed by atoms with Crippen molar-refractivity contribution >= 4 is 17.6 Å². The van der Waals surface area contributed by atoms with Gasteiger partial charge < -0.3 is 56.0 Å². The molecule has 0 aromatic rings. The Morgan fingerprint density at radius 3 is 1.15 bits per heavy atom. The van der Waals surface area contributed by atoms with Gasteiger partial charge in [-0.1, -0.05) is 27.7 Å². The van der Waals surface area contributed by atoms with Crippen molar-refractivity contribution in [2.24, 2.45) is 11.8 Å². The summed E-state index contributed by atoms with van der Waals surface area (Å²) < 4.78 is 44.6. The summed E-state index contributed by atoms with van der Waals surface area (Å²) in [6, 6.07) is 1.42. The maximum Gasteiger partial charge on any atom is 0.500 e. The first-order valence-corrected chi connectivity index (χ1v) is 18.6. The molecule has 0 amide bonds. The lowest BCUT2D eigenvalue weighted by Crippen LogP contribution is -2.46. The second kappa shape index (κ2) is 23.4. The lowest BCUT2D eigenvalue weighted by Gasteiger charge is -2.31. The molecule has 0 heterocycles. The van der Waals surface area contributed by atoms with Crippen LogP contribution < -0.4 is 0 Å². The van der Waals surface area contributed by atoms with Gasteiger partial charge in [0.2, 0.25) is 0 Å². The third-order valence-corrected chi connectivity index (χ3v) is 13.4. The molecular weight excluding hydrogens is 568 g/mol. The van der Waals surface area contributed by atoms with Gasteiger partial charge in [-0.2, -0.15) is 0 Å². The first kappa shape index (κ1) is 41.0. The van der Waals surface area contributed by atoms with Crippen molar-refractivity contribution < 1.29 is 46.2 Å². The van der Waals surface area contributed by atoms with E-state index in [0.29, 0.717) is 44.8 Å². The van der Waals surface area contributed by atoms with E-state index in [2.05, 4.69) is 37.5 Å². The number of rotatable bonds is 28. The molecule has 4 atom stereocenters. The van der Waals surface area contributed by atoms with Crippen LogP contribution in [0.15, 0.2) is 0 Å². The third-order valence-electron chi connectivity index (χ3n) is 7.23. The highest BCUT2D eigenvalue weighted by Gasteiger charge is 2.40. The summed E-state index contributed by atoms with van der Waals surface area (Å²) in [7, 11) is 4.50. The van der Waals surface area contributed by atoms with Gasteiger partial charge in [-0.05, 0) is 31.3 Å². The molecule has 0 aliphatic rings. The van der Waals surface area contributed by atoms with Crippen LogP contribution in [0.2, 0.25) is 12.1 Å². The zero-order valence-corrected chi connectivity index (χ0v) is 29.6. The highest BCUT2D eigenvalue weighted by atomic mass is 28.4. The minimum Gasteiger partial charge on any atom is -0.389 e. The molecule has 0 bridgehead atoms. The molecule has 4 unspecified atom stereocenters. The molecule has 0 aromatic carbocycles. The fraction of sp³-hybridized carbons (Fsp3) is 1.00. The van der Waals surface area contributed by atoms with Crippen LogP contribution >= 0.6 is 0 Å². The summed E-state index contributed by atoms with van der Waals surface area (Å²) >= 11 is 0. The van der Waals surface area contributed by atoms with Crippen molar-refractivity contribution in [3.8, 4) is 0 Å². The largest absolute Gasteiger partial charge is 0.500 e. The van der Waals surface area contributed by atoms with Crippen LogP contribution in [-0.4, -0.2) is 158 Å². The fourth-order valence-corrected chi connectivity index (χ4v) is 8.90. The Bertz CT molecular complexity index is 554. The van der Waals surface area contributed by atoms with Gasteiger partial charge in [-0.25, -0.2) is 0 Å². The molecule has 0 rings (SSSR count). The van der Waals surface area contributed by atoms with E-state index in [-0.39, 0.29) is 25.0 Å². The number of nitrogens with zero attached hydrogens (tertiary/aromatic N) is 2. The highest BCUT2D eigenvalue weighted by molar-refractivity contribution is 6.61. The van der Waals surface area contributed by atoms with Gasteiger partial charge in [-0.15, -0.1) is 0 Å². The monoisotopic (exact) mass is 630 g/mol. The minimum absolute atomic E-state index is 0.267. The SMILES string of the molecule is CCN(CC(C)C[Si](OC)(OC)OC)CC(O)COCCCOCC(O)CN(CC)CC(C)C[Si](OC)(OC)OC. The van der Waals surface area contributed by atoms with E-state index in [0.717, 1.165) is 26.2 Å². The van der Waals surface area contributed by atoms with Gasteiger partial charge in [0.15, 0.2) is 0 Å². The summed E-state index contributed by atoms with van der Waals surface area (Å²) in [5, 5.41) is 20.9. The van der Waals surface area contributed by atoms with Crippen molar-refractivity contribution in [1.82, 2.24) is 9.80 Å². The van der Waals surface area contributed by atoms with Crippen LogP contribution in [0.5, 0.6) is 0 Å². The van der Waals surface area contributed by atoms with Gasteiger partial charge in [-0.3, -0.25) is 0 Å². The van der Waals surface area contributed by atoms with Gasteiger partial charge in [0, 0.05) is 94.1 Å². The Morgan fingerprint density at radius 2 is 0.878 bits per heavy atom. The molecule has 0 radical (unpaired) electrons. The molecule has 0 saturated heterocycles. The summed E-state index contributed by atoms with van der Waals surface area (Å²) in [5.41, 5.74) is 0. The second-order valence-electron chi connectivity index (χ2n) is 10.7. The molecule has 41 heavy (non-hydrogen) atoms. The van der Waals surface area contributed by atoms with Gasteiger partial charge in [0.1, 0.15) is 0 Å². The Balaban J connectivity index is 4.20. The summed E-state index contributed by atoms with van der Waals surface area (Å²) in [6.45, 7) is 14.3. The molecule has 2 N–H and O–H groups in total. The van der Waals surface area contributed by atoms with Crippen LogP contribution in [0.3, 0.4) is 0 Å². The highest BCUT2D eigenvalue weighted by Crippen LogP contribution is 2.21. The number of hydrogen-bond donors (Lipinski definition) is 2. The first-order valence-electron chi connectivity index (χ1n) is 14.8. The third kappa shape index (κ3) is 17.1. The maximum absolute atomic E-state index is 10.5. The standard InChI is InChI=1S/C27H62N2O10Si2/c1-11-28(16-24(3)22-40(32-5,33-6)34-7)18-26(30)20-38-14-13-15-39-21-27(31)19-29(12-2)17-25(4)23-41(35-8,36-9)37-10/h24-27,30-31H,11-23H2,1-10H3. The second-order valence-corrected chi connectivity index (χ2v) is 16.7. The van der Waals surface area contributed by atoms with Crippen LogP contribution in [0, 0.1) is 11.8 Å². The van der Waals surface area contributed by atoms with E-state index >= 15 is 0 Å². The number of aliphatic hydroxyl groups excluding tert-OH is 2. The van der Waals surface area contributed by atoms with Crippen molar-refractivity contribution in [2.45, 2.75) is 58.4 Å². The maximum atomic E-state index is 10.5. The molecule has 14 heteroatoms. The van der Waals surface area contributed by atoms with E-state index in [1.807, 2.05) is 0 Å². The molecule has 0 fully saturated rings. The van der Waals surface area contributed by atoms with Gasteiger partial charge in [0.05, 0.1) is 25.4 Å². The van der Waals surface area contributed by atoms with Crippen molar-refractivity contribution in [3.63, 3.8) is 0 Å². The van der Waals surface area contributed by atoms with Crippen molar-refractivity contribution in [3.05, 3.63) is 0 Å². The summed E-state index contributed by atoms with van der Waals surface area (Å²) in [6.07, 6.45) is -0.463. The molecule has 0 aromatic heterocycles. The average Bonchev–Trinajstić information content (AvgIpc) is 2.97. The molecular formula is C27H62N2O10Si2. The van der Waals surface area contributed by atoms with Gasteiger partial charge >= 0.3 is 17.6 Å². The Hall–Kier alpha value is -0.0462. The van der Waals surface area contributed by atoms with E-state index in [1.54, 1.807) is 42.7 Å². The predicted molar refractivity (Wildman–Crippen MR) is 164 cm³/mol. The lowest BCUT2D eigenvalue weighted by molar-refractivity contribution is -0.00731. The molecule has 0 aliphatic carbocycles. The van der Waals surface area contributed by atoms with Crippen LogP contribution in [-0.2, 0) is 36.0 Å². The topological polar surface area (TPSA) is 121 Å². The van der Waals surface area contributed by atoms with Crippen LogP contribution in [0.25, 0.3) is 0 Å². The average molecular weight is 631 g/mol. The summed E-state index contributed by atoms with van der Waals surface area (Å²) in [5.74, 6) is 0.580. The smallest absolute Gasteiger partial charge is 0.389 e. The fourth-order valence-electron chi connectivity index (χ4n) is 4.93. The minimum atomic E-state index is -2.63. The normalized spacial score (nSPS) is 16.0. The molecule has 0 saturated carbocycles. The Kier molecular flexibility index (Phi) is 23.3. The van der Waals surface area contributed by atoms with E-state index in [4.69, 9.17) is 36.0 Å². The van der Waals surface area contributed by atoms with Crippen LogP contribution in [0.4, 0.5) is 0 Å².